The summed E-state index contributed by atoms with van der Waals surface area (Å²) in [4.78, 5) is 32.6. The minimum Gasteiger partial charge on any atom is -0.480 e. The molecule has 0 aliphatic rings. The van der Waals surface area contributed by atoms with Crippen molar-refractivity contribution in [2.45, 2.75) is 32.7 Å². The minimum atomic E-state index is -1.14. The average Bonchev–Trinajstić information content (AvgIpc) is 2.26. The lowest BCUT2D eigenvalue weighted by Crippen LogP contribution is -2.44. The molecule has 0 saturated carbocycles. The summed E-state index contributed by atoms with van der Waals surface area (Å²) < 4.78 is 4.74. The van der Waals surface area contributed by atoms with Gasteiger partial charge >= 0.3 is 12.1 Å². The van der Waals surface area contributed by atoms with E-state index in [0.29, 0.717) is 6.61 Å². The first kappa shape index (κ1) is 15.2. The normalized spacial score (nSPS) is 11.4. The van der Waals surface area contributed by atoms with Gasteiger partial charge in [0.25, 0.3) is 0 Å². The Kier molecular flexibility index (Phi) is 7.49. The Morgan fingerprint density at radius 2 is 2.00 bits per heavy atom. The third-order valence-corrected chi connectivity index (χ3v) is 1.87. The molecule has 0 aliphatic heterocycles. The molecule has 0 radical (unpaired) electrons. The number of nitrogens with one attached hydrogen (secondary N) is 2. The zero-order valence-electron chi connectivity index (χ0n) is 9.99. The summed E-state index contributed by atoms with van der Waals surface area (Å²) in [7, 11) is 0. The fourth-order valence-electron chi connectivity index (χ4n) is 0.867. The first-order valence-corrected chi connectivity index (χ1v) is 5.40. The van der Waals surface area contributed by atoms with Gasteiger partial charge in [0.05, 0.1) is 6.61 Å². The van der Waals surface area contributed by atoms with Crippen molar-refractivity contribution in [3.05, 3.63) is 0 Å². The highest BCUT2D eigenvalue weighted by atomic mass is 16.5. The smallest absolute Gasteiger partial charge is 0.407 e. The van der Waals surface area contributed by atoms with Gasteiger partial charge in [-0.2, -0.15) is 0 Å². The van der Waals surface area contributed by atoms with Crippen LogP contribution in [0.4, 0.5) is 4.79 Å². The molecule has 0 unspecified atom stereocenters. The zero-order valence-corrected chi connectivity index (χ0v) is 9.99. The molecule has 0 bridgehead atoms. The molecule has 0 aromatic carbocycles. The van der Waals surface area contributed by atoms with Crippen LogP contribution in [-0.2, 0) is 14.3 Å². The van der Waals surface area contributed by atoms with Gasteiger partial charge in [-0.25, -0.2) is 4.79 Å². The number of ether oxygens (including phenoxy) is 1. The summed E-state index contributed by atoms with van der Waals surface area (Å²) in [6.07, 6.45) is 0.983. The van der Waals surface area contributed by atoms with E-state index in [1.54, 1.807) is 0 Å². The van der Waals surface area contributed by atoms with Gasteiger partial charge in [0.15, 0.2) is 0 Å². The Bertz CT molecular complexity index is 280. The highest BCUT2D eigenvalue weighted by molar-refractivity contribution is 5.86. The van der Waals surface area contributed by atoms with Crippen LogP contribution in [-0.4, -0.2) is 42.3 Å². The number of hydrogen-bond donors (Lipinski definition) is 3. The molecule has 0 saturated heterocycles. The summed E-state index contributed by atoms with van der Waals surface area (Å²) in [6, 6.07) is -0.986. The number of unbranched alkanes of at least 4 members (excludes halogenated alkanes) is 1. The predicted octanol–water partition coefficient (Wildman–Crippen LogP) is 0.102. The molecular weight excluding hydrogens is 228 g/mol. The molecule has 98 valence electrons. The average molecular weight is 246 g/mol. The number of carbonyl (C=O) groups is 3. The van der Waals surface area contributed by atoms with Crippen LogP contribution in [0.25, 0.3) is 0 Å². The van der Waals surface area contributed by atoms with Crippen molar-refractivity contribution >= 4 is 18.0 Å². The maximum Gasteiger partial charge on any atom is 0.407 e. The Balaban J connectivity index is 3.69. The monoisotopic (exact) mass is 246 g/mol. The van der Waals surface area contributed by atoms with Gasteiger partial charge < -0.3 is 20.5 Å². The standard InChI is InChI=1S/C10H18N2O5/c1-3-4-5-17-10(16)11-6-8(13)12-7(2)9(14)15/h7H,3-6H2,1-2H3,(H,11,16)(H,12,13)(H,14,15)/t7-/m0/s1. The molecule has 0 heterocycles. The van der Waals surface area contributed by atoms with Crippen LogP contribution in [0.15, 0.2) is 0 Å². The highest BCUT2D eigenvalue weighted by Crippen LogP contribution is 1.88. The molecule has 7 nitrogen and oxygen atoms in total. The number of hydrogen-bond acceptors (Lipinski definition) is 4. The van der Waals surface area contributed by atoms with Gasteiger partial charge in [-0.15, -0.1) is 0 Å². The van der Waals surface area contributed by atoms with Crippen molar-refractivity contribution in [1.82, 2.24) is 10.6 Å². The number of amides is 2. The van der Waals surface area contributed by atoms with Gasteiger partial charge in [-0.1, -0.05) is 13.3 Å². The third kappa shape index (κ3) is 8.06. The Morgan fingerprint density at radius 3 is 2.53 bits per heavy atom. The summed E-state index contributed by atoms with van der Waals surface area (Å²) in [6.45, 7) is 3.29. The summed E-state index contributed by atoms with van der Waals surface area (Å²) in [5, 5.41) is 12.9. The lowest BCUT2D eigenvalue weighted by Gasteiger charge is -2.10. The van der Waals surface area contributed by atoms with E-state index in [0.717, 1.165) is 12.8 Å². The van der Waals surface area contributed by atoms with Crippen molar-refractivity contribution in [3.63, 3.8) is 0 Å². The van der Waals surface area contributed by atoms with E-state index in [2.05, 4.69) is 10.6 Å². The van der Waals surface area contributed by atoms with Gasteiger partial charge in [0.2, 0.25) is 5.91 Å². The molecule has 0 aromatic rings. The van der Waals surface area contributed by atoms with Gasteiger partial charge in [-0.3, -0.25) is 9.59 Å². The van der Waals surface area contributed by atoms with Crippen LogP contribution in [0.2, 0.25) is 0 Å². The second kappa shape index (κ2) is 8.37. The van der Waals surface area contributed by atoms with Crippen LogP contribution < -0.4 is 10.6 Å². The minimum absolute atomic E-state index is 0.301. The number of carbonyl (C=O) groups excluding carboxylic acids is 2. The largest absolute Gasteiger partial charge is 0.480 e. The molecular formula is C10H18N2O5. The van der Waals surface area contributed by atoms with E-state index >= 15 is 0 Å². The fraction of sp³-hybridized carbons (Fsp3) is 0.700. The molecule has 2 amide bonds. The molecule has 0 aliphatic carbocycles. The molecule has 1 atom stereocenters. The summed E-state index contributed by atoms with van der Waals surface area (Å²) in [5.41, 5.74) is 0. The van der Waals surface area contributed by atoms with Crippen LogP contribution in [0.3, 0.4) is 0 Å². The van der Waals surface area contributed by atoms with E-state index < -0.39 is 24.0 Å². The summed E-state index contributed by atoms with van der Waals surface area (Å²) in [5.74, 6) is -1.71. The summed E-state index contributed by atoms with van der Waals surface area (Å²) >= 11 is 0. The lowest BCUT2D eigenvalue weighted by atomic mass is 10.3. The topological polar surface area (TPSA) is 105 Å². The molecule has 0 fully saturated rings. The number of aliphatic carboxylic acids is 1. The SMILES string of the molecule is CCCCOC(=O)NCC(=O)N[C@@H](C)C(=O)O. The molecule has 7 heteroatoms. The van der Waals surface area contributed by atoms with Crippen LogP contribution >= 0.6 is 0 Å². The maximum absolute atomic E-state index is 11.1. The number of alkyl carbamates (subject to hydrolysis) is 1. The van der Waals surface area contributed by atoms with Crippen molar-refractivity contribution in [1.29, 1.82) is 0 Å². The molecule has 0 rings (SSSR count). The van der Waals surface area contributed by atoms with Gasteiger partial charge in [0.1, 0.15) is 12.6 Å². The Labute approximate surface area is 99.5 Å². The third-order valence-electron chi connectivity index (χ3n) is 1.87. The number of carboxylic acids is 1. The second-order valence-electron chi connectivity index (χ2n) is 3.47. The highest BCUT2D eigenvalue weighted by Gasteiger charge is 2.14. The first-order chi connectivity index (χ1) is 7.97. The van der Waals surface area contributed by atoms with E-state index in [9.17, 15) is 14.4 Å². The molecule has 17 heavy (non-hydrogen) atoms. The van der Waals surface area contributed by atoms with Gasteiger partial charge in [0, 0.05) is 0 Å². The Hall–Kier alpha value is -1.79. The van der Waals surface area contributed by atoms with Crippen LogP contribution in [0, 0.1) is 0 Å². The van der Waals surface area contributed by atoms with Crippen molar-refractivity contribution in [2.24, 2.45) is 0 Å². The zero-order chi connectivity index (χ0) is 13.3. The van der Waals surface area contributed by atoms with Crippen molar-refractivity contribution in [2.75, 3.05) is 13.2 Å². The first-order valence-electron chi connectivity index (χ1n) is 5.40. The Morgan fingerprint density at radius 1 is 1.35 bits per heavy atom. The lowest BCUT2D eigenvalue weighted by molar-refractivity contribution is -0.141. The van der Waals surface area contributed by atoms with E-state index in [-0.39, 0.29) is 6.54 Å². The van der Waals surface area contributed by atoms with Gasteiger partial charge in [-0.05, 0) is 13.3 Å². The van der Waals surface area contributed by atoms with Crippen molar-refractivity contribution in [3.8, 4) is 0 Å². The second-order valence-corrected chi connectivity index (χ2v) is 3.47. The fourth-order valence-corrected chi connectivity index (χ4v) is 0.867. The predicted molar refractivity (Wildman–Crippen MR) is 59.5 cm³/mol. The van der Waals surface area contributed by atoms with Crippen LogP contribution in [0.5, 0.6) is 0 Å². The quantitative estimate of drug-likeness (QED) is 0.553. The van der Waals surface area contributed by atoms with Crippen molar-refractivity contribution < 1.29 is 24.2 Å². The van der Waals surface area contributed by atoms with Crippen LogP contribution in [0.1, 0.15) is 26.7 Å². The number of rotatable bonds is 7. The molecule has 0 spiro atoms. The molecule has 0 aromatic heterocycles. The molecule has 3 N–H and O–H groups in total. The van der Waals surface area contributed by atoms with E-state index in [4.69, 9.17) is 9.84 Å². The van der Waals surface area contributed by atoms with E-state index in [1.165, 1.54) is 6.92 Å². The maximum atomic E-state index is 11.1. The van der Waals surface area contributed by atoms with E-state index in [1.807, 2.05) is 6.92 Å². The number of carboxylic acid groups (broad SMARTS) is 1.